The molecule has 2 aliphatic carbocycles. The predicted molar refractivity (Wildman–Crippen MR) is 158 cm³/mol. The van der Waals surface area contributed by atoms with Crippen LogP contribution in [0.1, 0.15) is 69.8 Å². The Kier molecular flexibility index (Phi) is 7.77. The molecule has 1 heterocycles. The molecule has 6 rings (SSSR count). The van der Waals surface area contributed by atoms with Gasteiger partial charge in [0.15, 0.2) is 0 Å². The molecule has 3 unspecified atom stereocenters. The van der Waals surface area contributed by atoms with Crippen LogP contribution in [0.3, 0.4) is 0 Å². The molecule has 0 aliphatic heterocycles. The van der Waals surface area contributed by atoms with Crippen molar-refractivity contribution in [2.75, 3.05) is 6.26 Å². The molecule has 0 spiro atoms. The minimum Gasteiger partial charge on any atom is -0.593 e. The Hall–Kier alpha value is -2.68. The summed E-state index contributed by atoms with van der Waals surface area (Å²) in [5.41, 5.74) is 4.78. The van der Waals surface area contributed by atoms with E-state index in [-0.39, 0.29) is 18.4 Å². The zero-order chi connectivity index (χ0) is 28.0. The number of nitrogens with one attached hydrogen (secondary N) is 1. The molecule has 6 nitrogen and oxygen atoms in total. The summed E-state index contributed by atoms with van der Waals surface area (Å²) in [5, 5.41) is 5.98. The third-order valence-electron chi connectivity index (χ3n) is 7.35. The summed E-state index contributed by atoms with van der Waals surface area (Å²) in [4.78, 5) is 12.1. The minimum atomic E-state index is -1.40. The molecule has 2 aliphatic rings. The van der Waals surface area contributed by atoms with Crippen molar-refractivity contribution in [2.24, 2.45) is 0 Å². The zero-order valence-corrected chi connectivity index (χ0v) is 24.5. The highest BCUT2D eigenvalue weighted by molar-refractivity contribution is 7.89. The maximum Gasteiger partial charge on any atom is 0.292 e. The van der Waals surface area contributed by atoms with Gasteiger partial charge >= 0.3 is 0 Å². The summed E-state index contributed by atoms with van der Waals surface area (Å²) < 4.78 is 25.6. The van der Waals surface area contributed by atoms with Gasteiger partial charge in [-0.2, -0.15) is 4.72 Å². The largest absolute Gasteiger partial charge is 0.593 e. The first kappa shape index (κ1) is 27.5. The van der Waals surface area contributed by atoms with Gasteiger partial charge in [0, 0.05) is 22.1 Å². The van der Waals surface area contributed by atoms with E-state index in [0.717, 1.165) is 41.7 Å². The standard InChI is InChI=1S/C30H25Cl3N2O4S/c1-40(37)35-30(36)18-9-5-16(6-10-18)21-14-22(21)20-12-11-19(13-26(20)33)38-15-23-28(34-39-29(23)17-7-8-17)27-24(31)3-2-4-25(27)32/h2-6,9-13,17,21-22H,7-8,14-15H2,1H3,(H,35,36). The molecule has 0 saturated heterocycles. The van der Waals surface area contributed by atoms with E-state index in [9.17, 15) is 9.35 Å². The first-order chi connectivity index (χ1) is 19.3. The van der Waals surface area contributed by atoms with Crippen molar-refractivity contribution in [3.63, 3.8) is 0 Å². The van der Waals surface area contributed by atoms with Crippen molar-refractivity contribution in [1.29, 1.82) is 0 Å². The van der Waals surface area contributed by atoms with Gasteiger partial charge in [-0.05, 0) is 78.6 Å². The van der Waals surface area contributed by atoms with Crippen LogP contribution >= 0.6 is 34.8 Å². The molecule has 2 saturated carbocycles. The fourth-order valence-electron chi connectivity index (χ4n) is 5.08. The van der Waals surface area contributed by atoms with Gasteiger partial charge in [-0.1, -0.05) is 64.2 Å². The van der Waals surface area contributed by atoms with E-state index < -0.39 is 11.4 Å². The van der Waals surface area contributed by atoms with E-state index in [4.69, 9.17) is 44.1 Å². The number of nitrogens with zero attached hydrogens (tertiary/aromatic N) is 1. The molecular weight excluding hydrogens is 591 g/mol. The highest BCUT2D eigenvalue weighted by Crippen LogP contribution is 2.56. The number of carbonyl (C=O) groups is 1. The summed E-state index contributed by atoms with van der Waals surface area (Å²) in [6.45, 7) is 0.249. The van der Waals surface area contributed by atoms with Gasteiger partial charge < -0.3 is 13.8 Å². The summed E-state index contributed by atoms with van der Waals surface area (Å²) in [6, 6.07) is 18.6. The van der Waals surface area contributed by atoms with Gasteiger partial charge in [-0.25, -0.2) is 0 Å². The second kappa shape index (κ2) is 11.3. The number of rotatable bonds is 9. The number of aromatic nitrogens is 1. The number of amides is 1. The number of benzene rings is 3. The maximum atomic E-state index is 12.1. The number of halogens is 3. The lowest BCUT2D eigenvalue weighted by atomic mass is 10.0. The van der Waals surface area contributed by atoms with Gasteiger partial charge in [0.05, 0.1) is 27.0 Å². The Morgan fingerprint density at radius 2 is 1.77 bits per heavy atom. The molecule has 206 valence electrons. The predicted octanol–water partition coefficient (Wildman–Crippen LogP) is 8.05. The molecule has 40 heavy (non-hydrogen) atoms. The summed E-state index contributed by atoms with van der Waals surface area (Å²) in [7, 11) is 0. The molecule has 0 bridgehead atoms. The Morgan fingerprint density at radius 3 is 2.42 bits per heavy atom. The quantitative estimate of drug-likeness (QED) is 0.193. The average Bonchev–Trinajstić information content (AvgIpc) is 3.86. The van der Waals surface area contributed by atoms with E-state index in [2.05, 4.69) is 9.88 Å². The molecule has 4 aromatic rings. The van der Waals surface area contributed by atoms with Crippen LogP contribution in [0.2, 0.25) is 15.1 Å². The van der Waals surface area contributed by atoms with E-state index in [1.54, 1.807) is 30.3 Å². The van der Waals surface area contributed by atoms with E-state index >= 15 is 0 Å². The molecule has 1 N–H and O–H groups in total. The van der Waals surface area contributed by atoms with Crippen molar-refractivity contribution in [3.8, 4) is 17.0 Å². The first-order valence-electron chi connectivity index (χ1n) is 12.9. The first-order valence-corrected chi connectivity index (χ1v) is 15.6. The average molecular weight is 616 g/mol. The van der Waals surface area contributed by atoms with E-state index in [0.29, 0.717) is 49.5 Å². The van der Waals surface area contributed by atoms with Crippen LogP contribution in [0, 0.1) is 0 Å². The molecule has 3 atom stereocenters. The van der Waals surface area contributed by atoms with Gasteiger partial charge in [-0.3, -0.25) is 4.79 Å². The van der Waals surface area contributed by atoms with Gasteiger partial charge in [0.25, 0.3) is 5.91 Å². The normalized spacial score (nSPS) is 18.8. The van der Waals surface area contributed by atoms with Crippen LogP contribution in [-0.2, 0) is 18.0 Å². The fraction of sp³-hybridized carbons (Fsp3) is 0.267. The third kappa shape index (κ3) is 5.71. The number of hydrogen-bond donors (Lipinski definition) is 1. The van der Waals surface area contributed by atoms with Crippen LogP contribution < -0.4 is 9.46 Å². The highest BCUT2D eigenvalue weighted by atomic mass is 35.5. The van der Waals surface area contributed by atoms with Crippen LogP contribution in [0.25, 0.3) is 11.3 Å². The lowest BCUT2D eigenvalue weighted by Crippen LogP contribution is -2.29. The SMILES string of the molecule is C[S+]([O-])NC(=O)c1ccc(C2CC2c2ccc(OCc3c(-c4c(Cl)cccc4Cl)noc3C3CC3)cc2Cl)cc1. The van der Waals surface area contributed by atoms with Crippen LogP contribution in [0.4, 0.5) is 0 Å². The van der Waals surface area contributed by atoms with Crippen molar-refractivity contribution < 1.29 is 18.6 Å². The maximum absolute atomic E-state index is 12.1. The van der Waals surface area contributed by atoms with Crippen molar-refractivity contribution >= 4 is 52.1 Å². The van der Waals surface area contributed by atoms with Crippen LogP contribution in [0.5, 0.6) is 5.75 Å². The number of hydrogen-bond acceptors (Lipinski definition) is 5. The fourth-order valence-corrected chi connectivity index (χ4v) is 6.35. The Bertz CT molecular complexity index is 1550. The van der Waals surface area contributed by atoms with Gasteiger partial charge in [-0.15, -0.1) is 0 Å². The Morgan fingerprint density at radius 1 is 1.05 bits per heavy atom. The van der Waals surface area contributed by atoms with Crippen molar-refractivity contribution in [1.82, 2.24) is 9.88 Å². The monoisotopic (exact) mass is 614 g/mol. The van der Waals surface area contributed by atoms with Crippen LogP contribution in [-0.4, -0.2) is 21.9 Å². The zero-order valence-electron chi connectivity index (χ0n) is 21.5. The smallest absolute Gasteiger partial charge is 0.292 e. The molecule has 2 fully saturated rings. The number of ether oxygens (including phenoxy) is 1. The minimum absolute atomic E-state index is 0.249. The van der Waals surface area contributed by atoms with Gasteiger partial charge in [0.1, 0.15) is 30.1 Å². The molecule has 3 aromatic carbocycles. The Labute approximate surface area is 250 Å². The topological polar surface area (TPSA) is 87.4 Å². The Balaban J connectivity index is 1.15. The molecule has 1 amide bonds. The second-order valence-electron chi connectivity index (χ2n) is 10.2. The molecule has 10 heteroatoms. The summed E-state index contributed by atoms with van der Waals surface area (Å²) >= 11 is 18.3. The molecular formula is C30H25Cl3N2O4S. The summed E-state index contributed by atoms with van der Waals surface area (Å²) in [5.74, 6) is 2.06. The van der Waals surface area contributed by atoms with Crippen molar-refractivity contribution in [2.45, 2.75) is 43.6 Å². The van der Waals surface area contributed by atoms with E-state index in [1.165, 1.54) is 6.26 Å². The molecule has 0 radical (unpaired) electrons. The summed E-state index contributed by atoms with van der Waals surface area (Å²) in [6.07, 6.45) is 4.50. The highest BCUT2D eigenvalue weighted by Gasteiger charge is 2.40. The third-order valence-corrected chi connectivity index (χ3v) is 8.78. The van der Waals surface area contributed by atoms with Crippen LogP contribution in [0.15, 0.2) is 65.2 Å². The van der Waals surface area contributed by atoms with Gasteiger partial charge in [0.2, 0.25) is 0 Å². The molecule has 1 aromatic heterocycles. The lowest BCUT2D eigenvalue weighted by Gasteiger charge is -2.11. The lowest BCUT2D eigenvalue weighted by molar-refractivity contribution is 0.0981. The van der Waals surface area contributed by atoms with Crippen molar-refractivity contribution in [3.05, 3.63) is 104 Å². The van der Waals surface area contributed by atoms with E-state index in [1.807, 2.05) is 30.3 Å². The second-order valence-corrected chi connectivity index (χ2v) is 12.5. The number of carbonyl (C=O) groups excluding carboxylic acids is 1.